The van der Waals surface area contributed by atoms with Crippen LogP contribution in [0.2, 0.25) is 10.2 Å². The Hall–Kier alpha value is -1.05. The first-order chi connectivity index (χ1) is 10.7. The average molecular weight is 465 g/mol. The fourth-order valence-corrected chi connectivity index (χ4v) is 2.15. The fourth-order valence-electron chi connectivity index (χ4n) is 1.83. The Morgan fingerprint density at radius 2 is 1.91 bits per heavy atom. The van der Waals surface area contributed by atoms with Gasteiger partial charge in [0, 0.05) is 24.3 Å². The van der Waals surface area contributed by atoms with Gasteiger partial charge in [0.05, 0.1) is 6.54 Å². The van der Waals surface area contributed by atoms with E-state index in [4.69, 9.17) is 23.2 Å². The van der Waals surface area contributed by atoms with E-state index in [0.717, 1.165) is 28.7 Å². The third-order valence-electron chi connectivity index (χ3n) is 2.96. The van der Waals surface area contributed by atoms with Gasteiger partial charge in [0.1, 0.15) is 5.15 Å². The van der Waals surface area contributed by atoms with Crippen LogP contribution in [0.25, 0.3) is 0 Å². The molecule has 2 aromatic rings. The Morgan fingerprint density at radius 1 is 1.13 bits per heavy atom. The lowest BCUT2D eigenvalue weighted by Gasteiger charge is -2.12. The lowest BCUT2D eigenvalue weighted by molar-refractivity contribution is 0.815. The average Bonchev–Trinajstić information content (AvgIpc) is 2.53. The Morgan fingerprint density at radius 3 is 2.57 bits per heavy atom. The summed E-state index contributed by atoms with van der Waals surface area (Å²) in [4.78, 5) is 8.57. The number of aliphatic imine (C=N–C) groups is 1. The van der Waals surface area contributed by atoms with E-state index in [1.165, 1.54) is 0 Å². The molecule has 2 N–H and O–H groups in total. The van der Waals surface area contributed by atoms with E-state index >= 15 is 0 Å². The van der Waals surface area contributed by atoms with Crippen LogP contribution in [0.5, 0.6) is 0 Å². The third-order valence-corrected chi connectivity index (χ3v) is 3.55. The summed E-state index contributed by atoms with van der Waals surface area (Å²) in [6, 6.07) is 11.4. The molecule has 0 saturated heterocycles. The summed E-state index contributed by atoms with van der Waals surface area (Å²) in [7, 11) is 0. The van der Waals surface area contributed by atoms with Gasteiger partial charge in [-0.25, -0.2) is 9.98 Å². The van der Waals surface area contributed by atoms with Crippen molar-refractivity contribution in [2.24, 2.45) is 4.99 Å². The van der Waals surface area contributed by atoms with Gasteiger partial charge in [-0.3, -0.25) is 0 Å². The Kier molecular flexibility index (Phi) is 9.28. The molecule has 1 heterocycles. The molecular weight excluding hydrogens is 446 g/mol. The molecule has 7 heteroatoms. The van der Waals surface area contributed by atoms with Gasteiger partial charge in [0.2, 0.25) is 0 Å². The maximum atomic E-state index is 6.15. The van der Waals surface area contributed by atoms with Gasteiger partial charge in [-0.15, -0.1) is 24.0 Å². The molecule has 0 amide bonds. The van der Waals surface area contributed by atoms with Crippen molar-refractivity contribution in [3.05, 3.63) is 63.9 Å². The molecule has 0 aliphatic rings. The number of pyridine rings is 1. The number of nitrogens with zero attached hydrogens (tertiary/aromatic N) is 2. The maximum absolute atomic E-state index is 6.15. The minimum absolute atomic E-state index is 0. The first kappa shape index (κ1) is 20.0. The van der Waals surface area contributed by atoms with Crippen LogP contribution in [0.4, 0.5) is 0 Å². The van der Waals surface area contributed by atoms with Crippen molar-refractivity contribution in [1.82, 2.24) is 15.6 Å². The highest BCUT2D eigenvalue weighted by Gasteiger charge is 2.02. The topological polar surface area (TPSA) is 49.3 Å². The van der Waals surface area contributed by atoms with E-state index in [1.807, 2.05) is 37.3 Å². The van der Waals surface area contributed by atoms with Crippen LogP contribution in [0.15, 0.2) is 47.6 Å². The van der Waals surface area contributed by atoms with Crippen molar-refractivity contribution < 1.29 is 0 Å². The van der Waals surface area contributed by atoms with Gasteiger partial charge >= 0.3 is 0 Å². The van der Waals surface area contributed by atoms with E-state index in [1.54, 1.807) is 12.3 Å². The SMILES string of the molecule is CCNC(=NCc1ccc(Cl)nc1)NCc1ccccc1Cl.I. The number of halogens is 3. The first-order valence-corrected chi connectivity index (χ1v) is 7.80. The summed E-state index contributed by atoms with van der Waals surface area (Å²) in [5, 5.41) is 7.70. The Labute approximate surface area is 163 Å². The van der Waals surface area contributed by atoms with Crippen molar-refractivity contribution in [3.8, 4) is 0 Å². The van der Waals surface area contributed by atoms with Crippen LogP contribution in [0.1, 0.15) is 18.1 Å². The van der Waals surface area contributed by atoms with Gasteiger partial charge in [0.25, 0.3) is 0 Å². The molecule has 0 radical (unpaired) electrons. The van der Waals surface area contributed by atoms with Crippen LogP contribution < -0.4 is 10.6 Å². The predicted molar refractivity (Wildman–Crippen MR) is 108 cm³/mol. The quantitative estimate of drug-likeness (QED) is 0.301. The minimum Gasteiger partial charge on any atom is -0.357 e. The van der Waals surface area contributed by atoms with E-state index in [9.17, 15) is 0 Å². The Balaban J connectivity index is 0.00000264. The summed E-state index contributed by atoms with van der Waals surface area (Å²) < 4.78 is 0. The lowest BCUT2D eigenvalue weighted by atomic mass is 10.2. The summed E-state index contributed by atoms with van der Waals surface area (Å²) >= 11 is 11.9. The predicted octanol–water partition coefficient (Wildman–Crippen LogP) is 4.26. The highest BCUT2D eigenvalue weighted by molar-refractivity contribution is 14.0. The zero-order chi connectivity index (χ0) is 15.8. The van der Waals surface area contributed by atoms with E-state index in [2.05, 4.69) is 20.6 Å². The summed E-state index contributed by atoms with van der Waals surface area (Å²) in [6.45, 7) is 3.95. The maximum Gasteiger partial charge on any atom is 0.191 e. The smallest absolute Gasteiger partial charge is 0.191 e. The number of hydrogen-bond donors (Lipinski definition) is 2. The molecule has 0 bridgehead atoms. The summed E-state index contributed by atoms with van der Waals surface area (Å²) in [5.41, 5.74) is 2.03. The number of hydrogen-bond acceptors (Lipinski definition) is 2. The van der Waals surface area contributed by atoms with Crippen LogP contribution in [0.3, 0.4) is 0 Å². The minimum atomic E-state index is 0. The van der Waals surface area contributed by atoms with Gasteiger partial charge in [-0.2, -0.15) is 0 Å². The molecular formula is C16H19Cl2IN4. The normalized spacial score (nSPS) is 10.8. The molecule has 124 valence electrons. The van der Waals surface area contributed by atoms with Crippen LogP contribution in [-0.2, 0) is 13.1 Å². The molecule has 1 aromatic carbocycles. The molecule has 1 aromatic heterocycles. The molecule has 0 atom stereocenters. The van der Waals surface area contributed by atoms with Crippen LogP contribution in [0, 0.1) is 0 Å². The van der Waals surface area contributed by atoms with E-state index < -0.39 is 0 Å². The number of nitrogens with one attached hydrogen (secondary N) is 2. The van der Waals surface area contributed by atoms with E-state index in [-0.39, 0.29) is 24.0 Å². The number of aromatic nitrogens is 1. The van der Waals surface area contributed by atoms with Gasteiger partial charge in [-0.1, -0.05) is 47.5 Å². The molecule has 2 rings (SSSR count). The number of benzene rings is 1. The summed E-state index contributed by atoms with van der Waals surface area (Å²) in [5.74, 6) is 0.734. The molecule has 4 nitrogen and oxygen atoms in total. The zero-order valence-corrected chi connectivity index (χ0v) is 16.6. The van der Waals surface area contributed by atoms with Crippen molar-refractivity contribution in [1.29, 1.82) is 0 Å². The number of guanidine groups is 1. The second-order valence-corrected chi connectivity index (χ2v) is 5.42. The largest absolute Gasteiger partial charge is 0.357 e. The van der Waals surface area contributed by atoms with Crippen molar-refractivity contribution in [3.63, 3.8) is 0 Å². The second-order valence-electron chi connectivity index (χ2n) is 4.63. The van der Waals surface area contributed by atoms with Crippen molar-refractivity contribution in [2.45, 2.75) is 20.0 Å². The molecule has 0 fully saturated rings. The zero-order valence-electron chi connectivity index (χ0n) is 12.7. The lowest BCUT2D eigenvalue weighted by Crippen LogP contribution is -2.36. The third kappa shape index (κ3) is 6.93. The van der Waals surface area contributed by atoms with Crippen LogP contribution in [-0.4, -0.2) is 17.5 Å². The first-order valence-electron chi connectivity index (χ1n) is 7.05. The monoisotopic (exact) mass is 464 g/mol. The summed E-state index contributed by atoms with van der Waals surface area (Å²) in [6.07, 6.45) is 1.73. The highest BCUT2D eigenvalue weighted by atomic mass is 127. The molecule has 0 unspecified atom stereocenters. The van der Waals surface area contributed by atoms with Crippen molar-refractivity contribution in [2.75, 3.05) is 6.54 Å². The molecule has 0 saturated carbocycles. The van der Waals surface area contributed by atoms with Crippen LogP contribution >= 0.6 is 47.2 Å². The molecule has 23 heavy (non-hydrogen) atoms. The number of rotatable bonds is 5. The second kappa shape index (κ2) is 10.7. The van der Waals surface area contributed by atoms with Crippen molar-refractivity contribution >= 4 is 53.1 Å². The van der Waals surface area contributed by atoms with E-state index in [0.29, 0.717) is 18.2 Å². The molecule has 0 aliphatic heterocycles. The molecule has 0 aliphatic carbocycles. The Bertz CT molecular complexity index is 632. The highest BCUT2D eigenvalue weighted by Crippen LogP contribution is 2.14. The fraction of sp³-hybridized carbons (Fsp3) is 0.250. The van der Waals surface area contributed by atoms with Gasteiger partial charge in [-0.05, 0) is 30.2 Å². The molecule has 0 spiro atoms. The van der Waals surface area contributed by atoms with Gasteiger partial charge in [0.15, 0.2) is 5.96 Å². The standard InChI is InChI=1S/C16H18Cl2N4.HI/c1-2-19-16(21-10-12-7-8-15(18)20-9-12)22-11-13-5-3-4-6-14(13)17;/h3-9H,2,10-11H2,1H3,(H2,19,21,22);1H. The van der Waals surface area contributed by atoms with Gasteiger partial charge < -0.3 is 10.6 Å².